The summed E-state index contributed by atoms with van der Waals surface area (Å²) in [6, 6.07) is 10.5. The molecule has 0 aliphatic carbocycles. The zero-order chi connectivity index (χ0) is 11.5. The van der Waals surface area contributed by atoms with Gasteiger partial charge in [-0.15, -0.1) is 0 Å². The molecule has 3 nitrogen and oxygen atoms in total. The molecule has 16 heavy (non-hydrogen) atoms. The van der Waals surface area contributed by atoms with Crippen LogP contribution < -0.4 is 10.5 Å². The van der Waals surface area contributed by atoms with E-state index in [0.29, 0.717) is 11.3 Å². The first-order valence-electron chi connectivity index (χ1n) is 5.46. The molecule has 0 aliphatic rings. The van der Waals surface area contributed by atoms with Crippen molar-refractivity contribution in [1.82, 2.24) is 0 Å². The molecule has 0 saturated carbocycles. The SMILES string of the molecule is CCN(CC)c1[c]c2ccccc2oc1=O. The van der Waals surface area contributed by atoms with Crippen molar-refractivity contribution in [2.75, 3.05) is 18.0 Å². The first-order valence-corrected chi connectivity index (χ1v) is 5.46. The van der Waals surface area contributed by atoms with E-state index in [1.54, 1.807) is 6.07 Å². The highest BCUT2D eigenvalue weighted by Crippen LogP contribution is 2.16. The van der Waals surface area contributed by atoms with Crippen LogP contribution in [0, 0.1) is 6.07 Å². The average Bonchev–Trinajstić information content (AvgIpc) is 2.31. The van der Waals surface area contributed by atoms with Crippen molar-refractivity contribution in [2.45, 2.75) is 13.8 Å². The Balaban J connectivity index is 2.62. The Morgan fingerprint density at radius 2 is 1.94 bits per heavy atom. The van der Waals surface area contributed by atoms with Crippen molar-refractivity contribution in [3.63, 3.8) is 0 Å². The number of hydrogen-bond donors (Lipinski definition) is 0. The molecule has 0 N–H and O–H groups in total. The highest BCUT2D eigenvalue weighted by atomic mass is 16.4. The number of rotatable bonds is 3. The normalized spacial score (nSPS) is 10.6. The maximum Gasteiger partial charge on any atom is 0.360 e. The lowest BCUT2D eigenvalue weighted by Gasteiger charge is -2.18. The van der Waals surface area contributed by atoms with Crippen LogP contribution in [0.15, 0.2) is 33.5 Å². The zero-order valence-corrected chi connectivity index (χ0v) is 9.49. The summed E-state index contributed by atoms with van der Waals surface area (Å²) in [5, 5.41) is 0.837. The van der Waals surface area contributed by atoms with Gasteiger partial charge in [-0.05, 0) is 19.9 Å². The third kappa shape index (κ3) is 1.81. The monoisotopic (exact) mass is 216 g/mol. The Bertz CT molecular complexity index is 541. The number of anilines is 1. The van der Waals surface area contributed by atoms with E-state index in [-0.39, 0.29) is 5.63 Å². The van der Waals surface area contributed by atoms with E-state index in [1.807, 2.05) is 36.9 Å². The molecule has 0 fully saturated rings. The van der Waals surface area contributed by atoms with Crippen LogP contribution in [0.4, 0.5) is 5.69 Å². The predicted molar refractivity (Wildman–Crippen MR) is 64.9 cm³/mol. The van der Waals surface area contributed by atoms with Crippen molar-refractivity contribution in [3.8, 4) is 0 Å². The van der Waals surface area contributed by atoms with E-state index in [4.69, 9.17) is 4.42 Å². The van der Waals surface area contributed by atoms with Crippen molar-refractivity contribution in [3.05, 3.63) is 40.8 Å². The maximum atomic E-state index is 11.8. The molecule has 2 aromatic rings. The molecule has 83 valence electrons. The molecule has 1 aromatic heterocycles. The van der Waals surface area contributed by atoms with E-state index in [0.717, 1.165) is 18.5 Å². The van der Waals surface area contributed by atoms with Crippen molar-refractivity contribution >= 4 is 16.7 Å². The summed E-state index contributed by atoms with van der Waals surface area (Å²) in [6.07, 6.45) is 0. The van der Waals surface area contributed by atoms with Gasteiger partial charge >= 0.3 is 5.63 Å². The molecule has 0 bridgehead atoms. The fraction of sp³-hybridized carbons (Fsp3) is 0.308. The third-order valence-electron chi connectivity index (χ3n) is 2.62. The largest absolute Gasteiger partial charge is 0.421 e. The first kappa shape index (κ1) is 10.7. The van der Waals surface area contributed by atoms with Gasteiger partial charge < -0.3 is 9.32 Å². The molecular formula is C13H14NO2. The molecule has 1 heterocycles. The maximum absolute atomic E-state index is 11.8. The molecule has 0 amide bonds. The topological polar surface area (TPSA) is 33.5 Å². The molecule has 1 radical (unpaired) electrons. The van der Waals surface area contributed by atoms with Gasteiger partial charge in [0, 0.05) is 24.5 Å². The second kappa shape index (κ2) is 4.39. The van der Waals surface area contributed by atoms with Crippen molar-refractivity contribution in [1.29, 1.82) is 0 Å². The minimum Gasteiger partial charge on any atom is -0.421 e. The predicted octanol–water partition coefficient (Wildman–Crippen LogP) is 2.44. The van der Waals surface area contributed by atoms with Crippen molar-refractivity contribution in [2.24, 2.45) is 0 Å². The van der Waals surface area contributed by atoms with Gasteiger partial charge in [0.1, 0.15) is 11.3 Å². The number of fused-ring (bicyclic) bond motifs is 1. The van der Waals surface area contributed by atoms with Crippen LogP contribution in [0.25, 0.3) is 11.0 Å². The second-order valence-electron chi connectivity index (χ2n) is 3.53. The average molecular weight is 216 g/mol. The highest BCUT2D eigenvalue weighted by Gasteiger charge is 2.10. The van der Waals surface area contributed by atoms with Crippen LogP contribution in [0.5, 0.6) is 0 Å². The summed E-state index contributed by atoms with van der Waals surface area (Å²) in [5.74, 6) is 0. The van der Waals surface area contributed by atoms with Gasteiger partial charge in [-0.25, -0.2) is 4.79 Å². The van der Waals surface area contributed by atoms with Crippen LogP contribution in [0.2, 0.25) is 0 Å². The van der Waals surface area contributed by atoms with Crippen molar-refractivity contribution < 1.29 is 4.42 Å². The van der Waals surface area contributed by atoms with Gasteiger partial charge in [0.05, 0.1) is 0 Å². The molecule has 3 heteroatoms. The van der Waals surface area contributed by atoms with E-state index >= 15 is 0 Å². The fourth-order valence-electron chi connectivity index (χ4n) is 1.73. The quantitative estimate of drug-likeness (QED) is 0.739. The standard InChI is InChI=1S/C13H14NO2/c1-3-14(4-2)11-9-10-7-5-6-8-12(10)16-13(11)15/h5-8H,3-4H2,1-2H3. The van der Waals surface area contributed by atoms with Gasteiger partial charge in [0.2, 0.25) is 0 Å². The highest BCUT2D eigenvalue weighted by molar-refractivity contribution is 5.78. The number of para-hydroxylation sites is 1. The zero-order valence-electron chi connectivity index (χ0n) is 9.49. The fourth-order valence-corrected chi connectivity index (χ4v) is 1.73. The van der Waals surface area contributed by atoms with Crippen LogP contribution >= 0.6 is 0 Å². The first-order chi connectivity index (χ1) is 7.76. The molecule has 2 rings (SSSR count). The minimum absolute atomic E-state index is 0.317. The summed E-state index contributed by atoms with van der Waals surface area (Å²) in [6.45, 7) is 5.56. The molecular weight excluding hydrogens is 202 g/mol. The van der Waals surface area contributed by atoms with Gasteiger partial charge in [0.25, 0.3) is 0 Å². The lowest BCUT2D eigenvalue weighted by molar-refractivity contribution is 0.557. The Morgan fingerprint density at radius 1 is 1.25 bits per heavy atom. The van der Waals surface area contributed by atoms with Crippen LogP contribution in [-0.4, -0.2) is 13.1 Å². The third-order valence-corrected chi connectivity index (χ3v) is 2.62. The number of benzene rings is 1. The van der Waals surface area contributed by atoms with Gasteiger partial charge in [-0.1, -0.05) is 18.2 Å². The molecule has 0 spiro atoms. The van der Waals surface area contributed by atoms with E-state index in [9.17, 15) is 4.79 Å². The van der Waals surface area contributed by atoms with Crippen LogP contribution in [0.1, 0.15) is 13.8 Å². The van der Waals surface area contributed by atoms with E-state index in [2.05, 4.69) is 6.07 Å². The van der Waals surface area contributed by atoms with E-state index < -0.39 is 0 Å². The summed E-state index contributed by atoms with van der Waals surface area (Å²) < 4.78 is 5.25. The van der Waals surface area contributed by atoms with Gasteiger partial charge in [0.15, 0.2) is 0 Å². The Morgan fingerprint density at radius 3 is 2.62 bits per heavy atom. The lowest BCUT2D eigenvalue weighted by Crippen LogP contribution is -2.27. The summed E-state index contributed by atoms with van der Waals surface area (Å²) in [7, 11) is 0. The molecule has 0 atom stereocenters. The van der Waals surface area contributed by atoms with Gasteiger partial charge in [-0.3, -0.25) is 0 Å². The Hall–Kier alpha value is -1.77. The molecule has 0 saturated heterocycles. The number of hydrogen-bond acceptors (Lipinski definition) is 3. The lowest BCUT2D eigenvalue weighted by atomic mass is 10.2. The Kier molecular flexibility index (Phi) is 2.95. The smallest absolute Gasteiger partial charge is 0.360 e. The number of nitrogens with zero attached hydrogens (tertiary/aromatic N) is 1. The van der Waals surface area contributed by atoms with Crippen LogP contribution in [0.3, 0.4) is 0 Å². The van der Waals surface area contributed by atoms with Crippen LogP contribution in [-0.2, 0) is 0 Å². The van der Waals surface area contributed by atoms with Gasteiger partial charge in [-0.2, -0.15) is 0 Å². The summed E-state index contributed by atoms with van der Waals surface area (Å²) >= 11 is 0. The Labute approximate surface area is 94.3 Å². The summed E-state index contributed by atoms with van der Waals surface area (Å²) in [4.78, 5) is 13.7. The molecule has 1 aromatic carbocycles. The minimum atomic E-state index is -0.317. The molecule has 0 unspecified atom stereocenters. The summed E-state index contributed by atoms with van der Waals surface area (Å²) in [5.41, 5.74) is 0.787. The van der Waals surface area contributed by atoms with E-state index in [1.165, 1.54) is 0 Å². The molecule has 0 aliphatic heterocycles. The second-order valence-corrected chi connectivity index (χ2v) is 3.53.